The number of carboxylic acid groups (broad SMARTS) is 1. The molecule has 31 heavy (non-hydrogen) atoms. The van der Waals surface area contributed by atoms with E-state index in [1.807, 2.05) is 18.2 Å². The van der Waals surface area contributed by atoms with E-state index in [0.717, 1.165) is 41.8 Å². The summed E-state index contributed by atoms with van der Waals surface area (Å²) in [6.45, 7) is 0.876. The van der Waals surface area contributed by atoms with Crippen LogP contribution in [0.1, 0.15) is 57.8 Å². The highest BCUT2D eigenvalue weighted by Crippen LogP contribution is 2.59. The second kappa shape index (κ2) is 6.54. The second-order valence-electron chi connectivity index (χ2n) is 9.06. The Balaban J connectivity index is 1.58. The number of aromatic carboxylic acids is 1. The second-order valence-corrected chi connectivity index (χ2v) is 9.06. The Morgan fingerprint density at radius 1 is 1.06 bits per heavy atom. The van der Waals surface area contributed by atoms with Crippen molar-refractivity contribution in [2.45, 2.75) is 30.7 Å². The van der Waals surface area contributed by atoms with Gasteiger partial charge in [0.2, 0.25) is 0 Å². The fourth-order valence-electron chi connectivity index (χ4n) is 6.30. The first-order chi connectivity index (χ1) is 15.0. The highest BCUT2D eigenvalue weighted by Gasteiger charge is 2.48. The average molecular weight is 414 g/mol. The lowest BCUT2D eigenvalue weighted by Crippen LogP contribution is -2.46. The number of fused-ring (bicyclic) bond motifs is 4. The van der Waals surface area contributed by atoms with Crippen LogP contribution in [0.5, 0.6) is 0 Å². The van der Waals surface area contributed by atoms with Crippen molar-refractivity contribution in [3.63, 3.8) is 0 Å². The fraction of sp³-hybridized carbons (Fsp3) is 0.320. The summed E-state index contributed by atoms with van der Waals surface area (Å²) in [6, 6.07) is 10.8. The molecule has 0 fully saturated rings. The molecule has 0 aromatic heterocycles. The zero-order chi connectivity index (χ0) is 21.3. The molecule has 6 heteroatoms. The molecule has 5 atom stereocenters. The highest BCUT2D eigenvalue weighted by molar-refractivity contribution is 5.90. The van der Waals surface area contributed by atoms with Crippen molar-refractivity contribution in [1.29, 1.82) is 0 Å². The van der Waals surface area contributed by atoms with Crippen molar-refractivity contribution in [2.75, 3.05) is 11.4 Å². The zero-order valence-electron chi connectivity index (χ0n) is 16.8. The van der Waals surface area contributed by atoms with Gasteiger partial charge >= 0.3 is 5.97 Å². The topological polar surface area (TPSA) is 83.7 Å². The lowest BCUT2D eigenvalue weighted by Gasteiger charge is -2.51. The normalized spacial score (nSPS) is 29.4. The third kappa shape index (κ3) is 2.60. The smallest absolute Gasteiger partial charge is 0.335 e. The minimum atomic E-state index is -0.894. The molecular formula is C25H22N2O4. The third-order valence-corrected chi connectivity index (χ3v) is 7.52. The van der Waals surface area contributed by atoms with Gasteiger partial charge in [0, 0.05) is 36.2 Å². The number of rotatable bonds is 3. The molecule has 2 aliphatic heterocycles. The van der Waals surface area contributed by atoms with E-state index in [1.54, 1.807) is 18.2 Å². The van der Waals surface area contributed by atoms with E-state index in [-0.39, 0.29) is 34.4 Å². The zero-order valence-corrected chi connectivity index (χ0v) is 16.8. The summed E-state index contributed by atoms with van der Waals surface area (Å²) >= 11 is 0. The molecule has 0 amide bonds. The number of allylic oxidation sites excluding steroid dienone is 4. The number of benzene rings is 2. The SMILES string of the molecule is O=C(O)c1cc2c3c(c1)[C@H]1C=CC[C@H]1[C@@H](c1cccc([N+](=O)[O-])c1)N3C[C@H]1CC=C[C@H]21. The van der Waals surface area contributed by atoms with Crippen molar-refractivity contribution in [1.82, 2.24) is 0 Å². The van der Waals surface area contributed by atoms with Crippen molar-refractivity contribution in [2.24, 2.45) is 11.8 Å². The summed E-state index contributed by atoms with van der Waals surface area (Å²) in [4.78, 5) is 25.5. The van der Waals surface area contributed by atoms with E-state index in [9.17, 15) is 20.0 Å². The van der Waals surface area contributed by atoms with Gasteiger partial charge < -0.3 is 10.0 Å². The van der Waals surface area contributed by atoms with Crippen LogP contribution in [-0.2, 0) is 0 Å². The number of hydrogen-bond acceptors (Lipinski definition) is 4. The highest BCUT2D eigenvalue weighted by atomic mass is 16.6. The van der Waals surface area contributed by atoms with Crippen LogP contribution < -0.4 is 4.90 Å². The summed E-state index contributed by atoms with van der Waals surface area (Å²) in [6.07, 6.45) is 10.7. The molecule has 2 aliphatic carbocycles. The predicted octanol–water partition coefficient (Wildman–Crippen LogP) is 5.19. The Kier molecular flexibility index (Phi) is 3.88. The van der Waals surface area contributed by atoms with Gasteiger partial charge in [-0.2, -0.15) is 0 Å². The number of non-ortho nitro benzene ring substituents is 1. The summed E-state index contributed by atoms with van der Waals surface area (Å²) in [7, 11) is 0. The molecule has 1 N–H and O–H groups in total. The molecule has 4 aliphatic rings. The Morgan fingerprint density at radius 3 is 2.58 bits per heavy atom. The van der Waals surface area contributed by atoms with Gasteiger partial charge in [0.05, 0.1) is 16.5 Å². The summed E-state index contributed by atoms with van der Waals surface area (Å²) < 4.78 is 0. The Morgan fingerprint density at radius 2 is 1.81 bits per heavy atom. The number of carbonyl (C=O) groups is 1. The maximum atomic E-state index is 11.9. The first-order valence-corrected chi connectivity index (χ1v) is 10.8. The Labute approximate surface area is 179 Å². The van der Waals surface area contributed by atoms with Crippen LogP contribution in [0.4, 0.5) is 11.4 Å². The van der Waals surface area contributed by atoms with E-state index in [2.05, 4.69) is 29.2 Å². The van der Waals surface area contributed by atoms with Crippen molar-refractivity contribution >= 4 is 17.3 Å². The maximum absolute atomic E-state index is 11.9. The van der Waals surface area contributed by atoms with E-state index in [4.69, 9.17) is 0 Å². The Hall–Kier alpha value is -3.41. The molecule has 0 saturated heterocycles. The molecule has 2 heterocycles. The predicted molar refractivity (Wildman–Crippen MR) is 117 cm³/mol. The van der Waals surface area contributed by atoms with Crippen LogP contribution in [0, 0.1) is 22.0 Å². The third-order valence-electron chi connectivity index (χ3n) is 7.52. The first-order valence-electron chi connectivity index (χ1n) is 10.8. The quantitative estimate of drug-likeness (QED) is 0.425. The summed E-state index contributed by atoms with van der Waals surface area (Å²) in [5.74, 6) is 0.0929. The monoisotopic (exact) mass is 414 g/mol. The van der Waals surface area contributed by atoms with E-state index < -0.39 is 5.97 Å². The van der Waals surface area contributed by atoms with E-state index in [0.29, 0.717) is 11.5 Å². The molecular weight excluding hydrogens is 392 g/mol. The number of hydrogen-bond donors (Lipinski definition) is 1. The summed E-state index contributed by atoms with van der Waals surface area (Å²) in [5.41, 5.74) is 4.76. The van der Waals surface area contributed by atoms with Gasteiger partial charge in [-0.15, -0.1) is 0 Å². The number of anilines is 1. The number of nitro benzene ring substituents is 1. The molecule has 0 bridgehead atoms. The van der Waals surface area contributed by atoms with Crippen molar-refractivity contribution in [3.05, 3.63) is 93.1 Å². The number of carboxylic acids is 1. The van der Waals surface area contributed by atoms with Crippen molar-refractivity contribution < 1.29 is 14.8 Å². The first kappa shape index (κ1) is 18.4. The van der Waals surface area contributed by atoms with Gasteiger partial charge in [0.25, 0.3) is 5.69 Å². The van der Waals surface area contributed by atoms with Gasteiger partial charge in [-0.1, -0.05) is 36.4 Å². The molecule has 0 radical (unpaired) electrons. The lowest BCUT2D eigenvalue weighted by atomic mass is 9.70. The van der Waals surface area contributed by atoms with Crippen LogP contribution in [0.3, 0.4) is 0 Å². The molecule has 0 saturated carbocycles. The molecule has 156 valence electrons. The Bertz CT molecular complexity index is 1170. The van der Waals surface area contributed by atoms with Crippen LogP contribution in [0.15, 0.2) is 60.7 Å². The van der Waals surface area contributed by atoms with Gasteiger partial charge in [0.1, 0.15) is 0 Å². The van der Waals surface area contributed by atoms with Crippen molar-refractivity contribution in [3.8, 4) is 0 Å². The summed E-state index contributed by atoms with van der Waals surface area (Å²) in [5, 5.41) is 21.2. The minimum absolute atomic E-state index is 0.0309. The molecule has 0 spiro atoms. The van der Waals surface area contributed by atoms with Gasteiger partial charge in [-0.25, -0.2) is 4.79 Å². The lowest BCUT2D eigenvalue weighted by molar-refractivity contribution is -0.384. The molecule has 2 aromatic rings. The van der Waals surface area contributed by atoms with Gasteiger partial charge in [0.15, 0.2) is 0 Å². The molecule has 2 aromatic carbocycles. The largest absolute Gasteiger partial charge is 0.478 e. The standard InChI is InChI=1S/C25H22N2O4/c28-25(29)16-11-21-18-7-2-5-15(18)13-26-23(14-4-1-6-17(10-14)27(30)31)20-9-3-8-19(20)22(12-16)24(21)26/h1-4,6-8,10-12,15,18-20,23H,5,9,13H2,(H,28,29)/t15-,18+,19+,20-,23-/m1/s1. The van der Waals surface area contributed by atoms with Crippen LogP contribution in [0.25, 0.3) is 0 Å². The average Bonchev–Trinajstić information content (AvgIpc) is 3.43. The van der Waals surface area contributed by atoms with Crippen LogP contribution in [0.2, 0.25) is 0 Å². The number of nitro groups is 1. The van der Waals surface area contributed by atoms with Crippen LogP contribution >= 0.6 is 0 Å². The van der Waals surface area contributed by atoms with E-state index >= 15 is 0 Å². The number of nitrogens with zero attached hydrogens (tertiary/aromatic N) is 2. The maximum Gasteiger partial charge on any atom is 0.335 e. The minimum Gasteiger partial charge on any atom is -0.478 e. The molecule has 6 nitrogen and oxygen atoms in total. The molecule has 0 unspecified atom stereocenters. The van der Waals surface area contributed by atoms with E-state index in [1.165, 1.54) is 0 Å². The van der Waals surface area contributed by atoms with Crippen LogP contribution in [-0.4, -0.2) is 22.5 Å². The van der Waals surface area contributed by atoms with Gasteiger partial charge in [-0.05, 0) is 53.5 Å². The molecule has 6 rings (SSSR count). The fourth-order valence-corrected chi connectivity index (χ4v) is 6.30. The van der Waals surface area contributed by atoms with Gasteiger partial charge in [-0.3, -0.25) is 10.1 Å².